The third-order valence-corrected chi connectivity index (χ3v) is 14.4. The number of fused-ring (bicyclic) bond motifs is 1. The number of Topliss-reactive ketones (excluding diaryl/α,β-unsaturated/α-hetero) is 1. The Hall–Kier alpha value is -1.50. The van der Waals surface area contributed by atoms with E-state index in [2.05, 4.69) is 37.0 Å². The minimum Gasteiger partial charge on any atom is -0.393 e. The van der Waals surface area contributed by atoms with Crippen LogP contribution in [0.2, 0.25) is 0 Å². The van der Waals surface area contributed by atoms with E-state index in [-0.39, 0.29) is 51.4 Å². The van der Waals surface area contributed by atoms with Crippen molar-refractivity contribution in [1.82, 2.24) is 4.90 Å². The van der Waals surface area contributed by atoms with Gasteiger partial charge in [-0.1, -0.05) is 51.3 Å². The van der Waals surface area contributed by atoms with Gasteiger partial charge in [0.05, 0.1) is 11.7 Å². The molecule has 1 saturated heterocycles. The standard InChI is InChI=1S/C35H52N2O4/c1-31-13-8-25(38)20-33(31)16-17-35(26(21-33)29(39)23-6-4-3-5-7-23)27(31)9-14-32(2)28(35)10-15-34(32,41)22-37-18-11-24(12-19-37)30(36)40/h16-17,21,23-25,27-28,38,41H,3-15,18-20,22H2,1-2H3,(H2,36,40). The number of ketones is 1. The Labute approximate surface area is 246 Å². The molecule has 1 amide bonds. The lowest BCUT2D eigenvalue weighted by Gasteiger charge is -2.71. The average molecular weight is 565 g/mol. The van der Waals surface area contributed by atoms with Gasteiger partial charge < -0.3 is 20.8 Å². The molecule has 8 atom stereocenters. The van der Waals surface area contributed by atoms with Gasteiger partial charge in [-0.05, 0) is 101 Å². The molecule has 226 valence electrons. The Kier molecular flexibility index (Phi) is 6.55. The Morgan fingerprint density at radius 1 is 0.878 bits per heavy atom. The van der Waals surface area contributed by atoms with Crippen molar-refractivity contribution >= 4 is 11.7 Å². The Morgan fingerprint density at radius 3 is 2.24 bits per heavy atom. The summed E-state index contributed by atoms with van der Waals surface area (Å²) in [5.74, 6) is 0.843. The molecule has 8 rings (SSSR count). The van der Waals surface area contributed by atoms with E-state index in [9.17, 15) is 19.8 Å². The van der Waals surface area contributed by atoms with E-state index in [1.165, 1.54) is 6.42 Å². The number of piperidine rings is 1. The van der Waals surface area contributed by atoms with Gasteiger partial charge in [0.15, 0.2) is 5.78 Å². The van der Waals surface area contributed by atoms with Crippen molar-refractivity contribution in [1.29, 1.82) is 0 Å². The minimum atomic E-state index is -0.820. The Morgan fingerprint density at radius 2 is 1.54 bits per heavy atom. The van der Waals surface area contributed by atoms with Gasteiger partial charge in [0.1, 0.15) is 0 Å². The smallest absolute Gasteiger partial charge is 0.220 e. The SMILES string of the molecule is CC12CCC(O)CC13C=CC1(C(C(=O)C4CCCCC4)=C3)C2CCC2(C)C1CCC2(O)CN1CCC(C(N)=O)CC1. The quantitative estimate of drug-likeness (QED) is 0.411. The van der Waals surface area contributed by atoms with Crippen molar-refractivity contribution in [3.8, 4) is 0 Å². The summed E-state index contributed by atoms with van der Waals surface area (Å²) in [6.07, 6.45) is 20.3. The summed E-state index contributed by atoms with van der Waals surface area (Å²) in [7, 11) is 0. The van der Waals surface area contributed by atoms with Crippen LogP contribution in [0.1, 0.15) is 104 Å². The van der Waals surface area contributed by atoms with E-state index in [1.807, 2.05) is 0 Å². The molecule has 4 N–H and O–H groups in total. The predicted molar refractivity (Wildman–Crippen MR) is 158 cm³/mol. The van der Waals surface area contributed by atoms with Gasteiger partial charge in [-0.25, -0.2) is 0 Å². The summed E-state index contributed by atoms with van der Waals surface area (Å²) in [4.78, 5) is 28.8. The summed E-state index contributed by atoms with van der Waals surface area (Å²) in [5, 5.41) is 23.5. The highest BCUT2D eigenvalue weighted by atomic mass is 16.3. The molecule has 1 heterocycles. The zero-order valence-corrected chi connectivity index (χ0v) is 25.4. The number of rotatable bonds is 5. The summed E-state index contributed by atoms with van der Waals surface area (Å²) < 4.78 is 0. The molecule has 2 bridgehead atoms. The number of β-amino-alcohol motifs (C(OH)–C–C–N with tert-alkyl or cyclic N) is 1. The topological polar surface area (TPSA) is 104 Å². The number of aliphatic hydroxyl groups is 2. The van der Waals surface area contributed by atoms with Crippen LogP contribution >= 0.6 is 0 Å². The van der Waals surface area contributed by atoms with Crippen LogP contribution in [0.15, 0.2) is 23.8 Å². The second-order valence-electron chi connectivity index (χ2n) is 16.0. The van der Waals surface area contributed by atoms with Crippen molar-refractivity contribution < 1.29 is 19.8 Å². The molecular weight excluding hydrogens is 512 g/mol. The first-order valence-corrected chi connectivity index (χ1v) is 16.9. The first-order valence-electron chi connectivity index (χ1n) is 16.9. The summed E-state index contributed by atoms with van der Waals surface area (Å²) in [6, 6.07) is 0. The van der Waals surface area contributed by atoms with Crippen LogP contribution in [0.4, 0.5) is 0 Å². The number of amides is 1. The molecule has 0 aromatic heterocycles. The number of hydrogen-bond acceptors (Lipinski definition) is 5. The fourth-order valence-electron chi connectivity index (χ4n) is 12.0. The highest BCUT2D eigenvalue weighted by Gasteiger charge is 2.74. The monoisotopic (exact) mass is 564 g/mol. The molecule has 8 aliphatic rings. The number of hydrogen-bond donors (Lipinski definition) is 3. The minimum absolute atomic E-state index is 0.0238. The first kappa shape index (κ1) is 28.3. The van der Waals surface area contributed by atoms with Gasteiger partial charge in [0, 0.05) is 40.2 Å². The van der Waals surface area contributed by atoms with Crippen LogP contribution in [-0.4, -0.2) is 58.1 Å². The predicted octanol–water partition coefficient (Wildman–Crippen LogP) is 4.92. The number of likely N-dealkylation sites (tertiary alicyclic amines) is 1. The second kappa shape index (κ2) is 9.50. The lowest BCUT2D eigenvalue weighted by Crippen LogP contribution is -2.67. The summed E-state index contributed by atoms with van der Waals surface area (Å²) in [6.45, 7) is 7.05. The zero-order valence-electron chi connectivity index (χ0n) is 25.4. The highest BCUT2D eigenvalue weighted by molar-refractivity contribution is 6.00. The number of aliphatic hydroxyl groups excluding tert-OH is 1. The second-order valence-corrected chi connectivity index (χ2v) is 16.0. The molecule has 0 aromatic rings. The summed E-state index contributed by atoms with van der Waals surface area (Å²) in [5.41, 5.74) is 5.00. The Bertz CT molecular complexity index is 1170. The number of nitrogens with two attached hydrogens (primary N) is 1. The highest BCUT2D eigenvalue weighted by Crippen LogP contribution is 2.78. The van der Waals surface area contributed by atoms with E-state index >= 15 is 0 Å². The lowest BCUT2D eigenvalue weighted by atomic mass is 9.32. The molecule has 6 nitrogen and oxygen atoms in total. The maximum absolute atomic E-state index is 14.6. The lowest BCUT2D eigenvalue weighted by molar-refractivity contribution is -0.180. The van der Waals surface area contributed by atoms with E-state index in [1.54, 1.807) is 0 Å². The van der Waals surface area contributed by atoms with Gasteiger partial charge >= 0.3 is 0 Å². The maximum Gasteiger partial charge on any atom is 0.220 e. The third kappa shape index (κ3) is 3.78. The number of nitrogens with zero attached hydrogens (tertiary/aromatic N) is 1. The van der Waals surface area contributed by atoms with Crippen LogP contribution in [0.25, 0.3) is 0 Å². The van der Waals surface area contributed by atoms with Crippen molar-refractivity contribution in [3.05, 3.63) is 23.8 Å². The van der Waals surface area contributed by atoms with Crippen LogP contribution in [0, 0.1) is 45.3 Å². The molecule has 0 radical (unpaired) electrons. The normalized spacial score (nSPS) is 48.3. The molecular formula is C35H52N2O4. The Balaban J connectivity index is 1.27. The number of carbonyl (C=O) groups excluding carboxylic acids is 2. The van der Waals surface area contributed by atoms with Crippen molar-refractivity contribution in [2.24, 2.45) is 51.1 Å². The van der Waals surface area contributed by atoms with E-state index in [0.717, 1.165) is 102 Å². The number of primary amides is 1. The fraction of sp³-hybridized carbons (Fsp3) is 0.829. The molecule has 41 heavy (non-hydrogen) atoms. The third-order valence-electron chi connectivity index (χ3n) is 14.4. The molecule has 6 heteroatoms. The maximum atomic E-state index is 14.6. The van der Waals surface area contributed by atoms with Gasteiger partial charge in [-0.2, -0.15) is 0 Å². The molecule has 4 saturated carbocycles. The van der Waals surface area contributed by atoms with E-state index < -0.39 is 5.60 Å². The molecule has 1 aliphatic heterocycles. The van der Waals surface area contributed by atoms with Gasteiger partial charge in [0.2, 0.25) is 5.91 Å². The van der Waals surface area contributed by atoms with Crippen molar-refractivity contribution in [2.75, 3.05) is 19.6 Å². The molecule has 0 aromatic carbocycles. The average Bonchev–Trinajstić information content (AvgIpc) is 3.23. The van der Waals surface area contributed by atoms with Crippen LogP contribution in [0.3, 0.4) is 0 Å². The first-order chi connectivity index (χ1) is 19.5. The van der Waals surface area contributed by atoms with Gasteiger partial charge in [0.25, 0.3) is 0 Å². The molecule has 8 unspecified atom stereocenters. The van der Waals surface area contributed by atoms with Crippen LogP contribution in [-0.2, 0) is 9.59 Å². The molecule has 2 spiro atoms. The van der Waals surface area contributed by atoms with Crippen LogP contribution in [0.5, 0.6) is 0 Å². The zero-order chi connectivity index (χ0) is 28.8. The summed E-state index contributed by atoms with van der Waals surface area (Å²) >= 11 is 0. The van der Waals surface area contributed by atoms with Gasteiger partial charge in [-0.15, -0.1) is 0 Å². The number of allylic oxidation sites excluding steroid dienone is 4. The molecule has 7 aliphatic carbocycles. The van der Waals surface area contributed by atoms with Crippen molar-refractivity contribution in [3.63, 3.8) is 0 Å². The van der Waals surface area contributed by atoms with E-state index in [4.69, 9.17) is 5.73 Å². The fourth-order valence-corrected chi connectivity index (χ4v) is 12.0. The van der Waals surface area contributed by atoms with Gasteiger partial charge in [-0.3, -0.25) is 9.59 Å². The van der Waals surface area contributed by atoms with E-state index in [0.29, 0.717) is 18.2 Å². The van der Waals surface area contributed by atoms with Crippen LogP contribution < -0.4 is 5.73 Å². The molecule has 5 fully saturated rings. The van der Waals surface area contributed by atoms with Crippen molar-refractivity contribution in [2.45, 2.75) is 115 Å². The number of carbonyl (C=O) groups is 2. The largest absolute Gasteiger partial charge is 0.393 e.